The molecule has 0 aromatic rings. The Labute approximate surface area is 336 Å². The van der Waals surface area contributed by atoms with E-state index in [1.54, 1.807) is 11.0 Å². The Bertz CT molecular complexity index is 1500. The lowest BCUT2D eigenvalue weighted by Gasteiger charge is -2.43. The van der Waals surface area contributed by atoms with Crippen LogP contribution < -0.4 is 10.6 Å². The molecule has 0 radical (unpaired) electrons. The number of amides is 5. The van der Waals surface area contributed by atoms with Gasteiger partial charge in [-0.15, -0.1) is 6.58 Å². The first-order valence-corrected chi connectivity index (χ1v) is 21.5. The number of hydrogen-bond acceptors (Lipinski definition) is 7. The van der Waals surface area contributed by atoms with Crippen molar-refractivity contribution in [1.29, 1.82) is 0 Å². The quantitative estimate of drug-likeness (QED) is 0.0891. The van der Waals surface area contributed by atoms with Crippen LogP contribution >= 0.6 is 0 Å². The van der Waals surface area contributed by atoms with Crippen molar-refractivity contribution in [2.45, 2.75) is 177 Å². The molecule has 4 fully saturated rings. The van der Waals surface area contributed by atoms with Gasteiger partial charge >= 0.3 is 6.03 Å². The first kappa shape index (κ1) is 45.3. The molecule has 2 aliphatic heterocycles. The minimum Gasteiger partial charge on any atom is -0.333 e. The molecule has 0 spiro atoms. The van der Waals surface area contributed by atoms with Crippen LogP contribution in [0.3, 0.4) is 0 Å². The molecule has 11 heteroatoms. The average Bonchev–Trinajstić information content (AvgIpc) is 3.64. The van der Waals surface area contributed by atoms with Crippen LogP contribution in [0.25, 0.3) is 0 Å². The highest BCUT2D eigenvalue weighted by atomic mass is 16.2. The van der Waals surface area contributed by atoms with Gasteiger partial charge in [-0.25, -0.2) is 4.79 Å². The number of rotatable bonds is 17. The van der Waals surface area contributed by atoms with Gasteiger partial charge in [-0.3, -0.25) is 33.7 Å². The number of allylic oxidation sites excluding steroid dienone is 1. The van der Waals surface area contributed by atoms with Crippen molar-refractivity contribution in [1.82, 2.24) is 20.4 Å². The van der Waals surface area contributed by atoms with E-state index >= 15 is 4.79 Å². The van der Waals surface area contributed by atoms with Crippen LogP contribution in [-0.2, 0) is 28.8 Å². The van der Waals surface area contributed by atoms with Gasteiger partial charge in [0.05, 0.1) is 12.1 Å². The maximum atomic E-state index is 15.2. The second-order valence-corrected chi connectivity index (χ2v) is 20.5. The lowest BCUT2D eigenvalue weighted by molar-refractivity contribution is -0.153. The van der Waals surface area contributed by atoms with Crippen LogP contribution in [0.4, 0.5) is 4.79 Å². The number of carbonyl (C=O) groups excluding carboxylic acids is 7. The molecular formula is C45H72N4O7. The highest BCUT2D eigenvalue weighted by Crippen LogP contribution is 2.54. The Morgan fingerprint density at radius 2 is 1.55 bits per heavy atom. The van der Waals surface area contributed by atoms with E-state index in [9.17, 15) is 28.8 Å². The molecule has 4 rings (SSSR count). The summed E-state index contributed by atoms with van der Waals surface area (Å²) in [5.41, 5.74) is -1.64. The number of ketones is 3. The molecular weight excluding hydrogens is 709 g/mol. The summed E-state index contributed by atoms with van der Waals surface area (Å²) in [5.74, 6) is -2.73. The predicted molar refractivity (Wildman–Crippen MR) is 217 cm³/mol. The average molecular weight is 781 g/mol. The van der Waals surface area contributed by atoms with E-state index in [0.717, 1.165) is 51.4 Å². The molecule has 2 aliphatic carbocycles. The Balaban J connectivity index is 1.64. The van der Waals surface area contributed by atoms with Gasteiger partial charge in [0, 0.05) is 44.7 Å². The summed E-state index contributed by atoms with van der Waals surface area (Å²) in [5, 5.41) is 6.16. The number of unbranched alkanes of at least 4 members (excludes halogenated alkanes) is 1. The third-order valence-corrected chi connectivity index (χ3v) is 13.8. The molecule has 1 unspecified atom stereocenters. The minimum atomic E-state index is -0.933. The fraction of sp³-hybridized carbons (Fsp3) is 0.800. The number of carbonyl (C=O) groups is 7. The number of nitrogens with one attached hydrogen (secondary N) is 2. The van der Waals surface area contributed by atoms with Gasteiger partial charge in [-0.1, -0.05) is 100 Å². The van der Waals surface area contributed by atoms with Crippen LogP contribution in [0.1, 0.15) is 159 Å². The lowest BCUT2D eigenvalue weighted by atomic mass is 9.70. The number of piperidine rings is 1. The Morgan fingerprint density at radius 3 is 2.12 bits per heavy atom. The highest BCUT2D eigenvalue weighted by molar-refractivity contribution is 6.38. The fourth-order valence-electron chi connectivity index (χ4n) is 10.00. The molecule has 6 atom stereocenters. The maximum Gasteiger partial charge on any atom is 0.315 e. The van der Waals surface area contributed by atoms with Crippen LogP contribution in [0.5, 0.6) is 0 Å². The minimum absolute atomic E-state index is 0.0235. The molecule has 0 aromatic heterocycles. The van der Waals surface area contributed by atoms with E-state index in [1.807, 2.05) is 41.5 Å². The number of fused-ring (bicyclic) bond motifs is 1. The molecule has 2 N–H and O–H groups in total. The number of urea groups is 1. The summed E-state index contributed by atoms with van der Waals surface area (Å²) in [7, 11) is 0. The van der Waals surface area contributed by atoms with Crippen molar-refractivity contribution in [3.63, 3.8) is 0 Å². The summed E-state index contributed by atoms with van der Waals surface area (Å²) in [6, 6.07) is -2.84. The summed E-state index contributed by atoms with van der Waals surface area (Å²) in [6.07, 6.45) is 10.4. The highest BCUT2D eigenvalue weighted by Gasteiger charge is 2.57. The van der Waals surface area contributed by atoms with Crippen LogP contribution in [0, 0.1) is 39.4 Å². The maximum absolute atomic E-state index is 15.2. The zero-order chi connectivity index (χ0) is 41.8. The third kappa shape index (κ3) is 10.6. The Morgan fingerprint density at radius 1 is 0.929 bits per heavy atom. The molecule has 11 nitrogen and oxygen atoms in total. The summed E-state index contributed by atoms with van der Waals surface area (Å²) in [4.78, 5) is 99.6. The fourth-order valence-corrected chi connectivity index (χ4v) is 10.00. The SMILES string of the molecule is C=CCCC(=O)C(=O)C(CCCC)CC(=O)[C@@H]1[C@H]2CCC(C)(C)[C@H]2CN1C(=O)[C@@H](NC(=O)N[C@H](CN1C(=O)CC(C)(C)CC1=O)C(C)(C)C)C1(C)CCCCC1. The molecule has 2 heterocycles. The number of hydrogen-bond donors (Lipinski definition) is 2. The van der Waals surface area contributed by atoms with E-state index in [0.29, 0.717) is 25.8 Å². The second-order valence-electron chi connectivity index (χ2n) is 20.5. The topological polar surface area (TPSA) is 150 Å². The van der Waals surface area contributed by atoms with E-state index < -0.39 is 57.9 Å². The first-order valence-electron chi connectivity index (χ1n) is 21.5. The lowest BCUT2D eigenvalue weighted by Crippen LogP contribution is -2.63. The predicted octanol–water partition coefficient (Wildman–Crippen LogP) is 7.35. The molecule has 56 heavy (non-hydrogen) atoms. The van der Waals surface area contributed by atoms with Gasteiger partial charge in [0.2, 0.25) is 23.5 Å². The largest absolute Gasteiger partial charge is 0.333 e. The van der Waals surface area contributed by atoms with Crippen molar-refractivity contribution in [3.05, 3.63) is 12.7 Å². The van der Waals surface area contributed by atoms with E-state index in [1.165, 1.54) is 4.90 Å². The van der Waals surface area contributed by atoms with Gasteiger partial charge in [-0.05, 0) is 72.0 Å². The summed E-state index contributed by atoms with van der Waals surface area (Å²) in [6.45, 7) is 22.2. The van der Waals surface area contributed by atoms with Crippen molar-refractivity contribution >= 4 is 41.1 Å². The van der Waals surface area contributed by atoms with E-state index in [4.69, 9.17) is 0 Å². The van der Waals surface area contributed by atoms with Gasteiger partial charge in [-0.2, -0.15) is 0 Å². The van der Waals surface area contributed by atoms with Crippen molar-refractivity contribution in [2.24, 2.45) is 39.4 Å². The molecule has 4 aliphatic rings. The summed E-state index contributed by atoms with van der Waals surface area (Å²) >= 11 is 0. The van der Waals surface area contributed by atoms with Gasteiger partial charge in [0.1, 0.15) is 6.04 Å². The smallest absolute Gasteiger partial charge is 0.315 e. The molecule has 0 bridgehead atoms. The molecule has 0 aromatic carbocycles. The van der Waals surface area contributed by atoms with E-state index in [2.05, 4.69) is 38.0 Å². The number of Topliss-reactive ketones (excluding diaryl/α,β-unsaturated/α-hetero) is 3. The number of imide groups is 1. The van der Waals surface area contributed by atoms with Crippen LogP contribution in [0.15, 0.2) is 12.7 Å². The first-order chi connectivity index (χ1) is 26.0. The standard InChI is InChI=1S/C45H72N4O7/c1-11-13-18-29(38(54)32(50)19-14-12-2)24-33(51)37-30-20-23-44(8,9)31(30)27-49(37)40(55)39(45(10)21-16-15-17-22-45)47-41(56)46-34(42(3,4)5)28-48-35(52)25-43(6,7)26-36(48)53/h12,29-31,34,37,39H,2,11,13-28H2,1,3-10H3,(H2,46,47,56)/t29?,30-,31-,34+,37-,39+/m0/s1. The van der Waals surface area contributed by atoms with Crippen molar-refractivity contribution < 1.29 is 33.6 Å². The third-order valence-electron chi connectivity index (χ3n) is 13.8. The molecule has 314 valence electrons. The van der Waals surface area contributed by atoms with Gasteiger partial charge < -0.3 is 15.5 Å². The van der Waals surface area contributed by atoms with Crippen LogP contribution in [-0.4, -0.2) is 82.1 Å². The number of likely N-dealkylation sites (tertiary alicyclic amines) is 2. The second kappa shape index (κ2) is 18.0. The van der Waals surface area contributed by atoms with Crippen LogP contribution in [0.2, 0.25) is 0 Å². The Hall–Kier alpha value is -3.37. The van der Waals surface area contributed by atoms with Gasteiger partial charge in [0.25, 0.3) is 0 Å². The molecule has 2 saturated heterocycles. The molecule has 5 amide bonds. The zero-order valence-corrected chi connectivity index (χ0v) is 36.0. The molecule has 2 saturated carbocycles. The van der Waals surface area contributed by atoms with Gasteiger partial charge in [0.15, 0.2) is 11.6 Å². The Kier molecular flexibility index (Phi) is 14.6. The number of nitrogens with zero attached hydrogens (tertiary/aromatic N) is 2. The van der Waals surface area contributed by atoms with Crippen molar-refractivity contribution in [3.8, 4) is 0 Å². The monoisotopic (exact) mass is 781 g/mol. The van der Waals surface area contributed by atoms with E-state index in [-0.39, 0.29) is 73.0 Å². The van der Waals surface area contributed by atoms with Crippen molar-refractivity contribution in [2.75, 3.05) is 13.1 Å². The summed E-state index contributed by atoms with van der Waals surface area (Å²) < 4.78 is 0. The normalized spacial score (nSPS) is 25.8. The zero-order valence-electron chi connectivity index (χ0n) is 36.0.